The highest BCUT2D eigenvalue weighted by Crippen LogP contribution is 2.21. The van der Waals surface area contributed by atoms with Crippen LogP contribution in [0.5, 0.6) is 0 Å². The fraction of sp³-hybridized carbons (Fsp3) is 0.241. The molecule has 3 heterocycles. The van der Waals surface area contributed by atoms with Crippen LogP contribution >= 0.6 is 11.3 Å². The number of carboxylic acid groups (broad SMARTS) is 1. The number of aliphatic carboxylic acids is 1. The zero-order valence-electron chi connectivity index (χ0n) is 38.1. The summed E-state index contributed by atoms with van der Waals surface area (Å²) in [7, 11) is 0. The molecule has 0 spiro atoms. The predicted octanol–water partition coefficient (Wildman–Crippen LogP) is 4.53. The molecule has 2 aliphatic heterocycles. The highest BCUT2D eigenvalue weighted by molar-refractivity contribution is 7.09. The van der Waals surface area contributed by atoms with Gasteiger partial charge in [-0.2, -0.15) is 0 Å². The molecular weight excluding hydrogens is 909 g/mol. The van der Waals surface area contributed by atoms with Crippen LogP contribution in [-0.4, -0.2) is 87.9 Å². The van der Waals surface area contributed by atoms with Gasteiger partial charge in [0, 0.05) is 36.2 Å². The number of benzene rings is 5. The van der Waals surface area contributed by atoms with E-state index < -0.39 is 84.1 Å². The number of anilines is 1. The van der Waals surface area contributed by atoms with Gasteiger partial charge in [0.05, 0.1) is 6.42 Å². The lowest BCUT2D eigenvalue weighted by Crippen LogP contribution is -2.60. The van der Waals surface area contributed by atoms with Crippen LogP contribution in [-0.2, 0) is 65.7 Å². The molecular formula is C54H54N6O9S. The van der Waals surface area contributed by atoms with Crippen molar-refractivity contribution < 1.29 is 43.8 Å². The average Bonchev–Trinajstić information content (AvgIpc) is 3.89. The van der Waals surface area contributed by atoms with E-state index in [4.69, 9.17) is 0 Å². The Morgan fingerprint density at radius 1 is 0.586 bits per heavy atom. The molecule has 8 rings (SSSR count). The van der Waals surface area contributed by atoms with E-state index in [9.17, 15) is 43.8 Å². The number of nitrogens with one attached hydrogen (secondary N) is 6. The molecule has 8 N–H and O–H groups in total. The number of aryl methyl sites for hydroxylation is 1. The summed E-state index contributed by atoms with van der Waals surface area (Å²) in [6, 6.07) is 38.3. The van der Waals surface area contributed by atoms with Crippen molar-refractivity contribution in [3.63, 3.8) is 0 Å². The average molecular weight is 963 g/mol. The number of rotatable bonds is 13. The minimum absolute atomic E-state index is 0.0175. The van der Waals surface area contributed by atoms with E-state index in [1.807, 2.05) is 90.3 Å². The van der Waals surface area contributed by atoms with Crippen LogP contribution in [0, 0.1) is 0 Å². The Bertz CT molecular complexity index is 2720. The molecule has 360 valence electrons. The van der Waals surface area contributed by atoms with E-state index in [1.165, 1.54) is 23.5 Å². The third-order valence-corrected chi connectivity index (χ3v) is 12.7. The highest BCUT2D eigenvalue weighted by atomic mass is 32.1. The molecule has 0 unspecified atom stereocenters. The van der Waals surface area contributed by atoms with Crippen molar-refractivity contribution >= 4 is 58.4 Å². The van der Waals surface area contributed by atoms with E-state index in [0.29, 0.717) is 23.1 Å². The number of fused-ring (bicyclic) bond motifs is 18. The summed E-state index contributed by atoms with van der Waals surface area (Å²) < 4.78 is 0. The number of carbonyl (C=O) groups is 7. The SMILES string of the molecule is O=C1C[C@@H](O)C(=O)Nc2ccc(cc2)C[C@@H](C(=O)N[C@@H](Cc2ccccc2)C(=O)O)NC(=O)[C@H](CCc2ccccc2)NC(=O)[C@@H](Cc2ccc(-c3ccccc3)cc2)NC(=O)[C@H](Cc2cccs2)N1. The molecule has 1 aromatic heterocycles. The largest absolute Gasteiger partial charge is 0.480 e. The number of hydrogen-bond acceptors (Lipinski definition) is 9. The van der Waals surface area contributed by atoms with Gasteiger partial charge in [0.15, 0.2) is 0 Å². The van der Waals surface area contributed by atoms with Crippen LogP contribution in [0.25, 0.3) is 11.1 Å². The summed E-state index contributed by atoms with van der Waals surface area (Å²) in [5.41, 5.74) is 4.82. The monoisotopic (exact) mass is 962 g/mol. The molecule has 2 aliphatic rings. The van der Waals surface area contributed by atoms with Gasteiger partial charge >= 0.3 is 5.97 Å². The standard InChI is InChI=1S/C54H54N6O9S/c61-47-33-48(62)56-45(32-41-17-10-28-70-41)52(66)59-43(29-36-18-23-39(24-19-36)38-15-8-3-9-16-38)50(64)57-42(27-22-34-11-4-1-5-12-34)49(63)58-44(30-37-20-25-40(26-21-37)55-53(47)67)51(65)60-46(54(68)69)31-35-13-6-2-7-14-35/h1-21,23-26,28,42-47,61H,22,27,29-33H2,(H,55,67)(H,56,62)(H,57,64)(H,58,63)(H,59,66)(H,60,65)(H,68,69)/t42-,43+,44-,45-,46-,47+/m0/s1. The maximum atomic E-state index is 14.8. The number of aliphatic hydroxyl groups is 1. The van der Waals surface area contributed by atoms with Crippen molar-refractivity contribution in [3.05, 3.63) is 184 Å². The molecule has 5 aromatic carbocycles. The first-order chi connectivity index (χ1) is 33.9. The van der Waals surface area contributed by atoms with Gasteiger partial charge in [-0.05, 0) is 69.8 Å². The summed E-state index contributed by atoms with van der Waals surface area (Å²) >= 11 is 1.35. The van der Waals surface area contributed by atoms with E-state index in [0.717, 1.165) is 21.6 Å². The second-order valence-electron chi connectivity index (χ2n) is 17.1. The van der Waals surface area contributed by atoms with Gasteiger partial charge in [-0.3, -0.25) is 28.8 Å². The number of thiophene rings is 1. The summed E-state index contributed by atoms with van der Waals surface area (Å²) in [6.45, 7) is 0. The van der Waals surface area contributed by atoms with E-state index in [1.54, 1.807) is 54.6 Å². The molecule has 0 radical (unpaired) electrons. The second-order valence-corrected chi connectivity index (χ2v) is 18.1. The first-order valence-corrected chi connectivity index (χ1v) is 23.8. The molecule has 6 aromatic rings. The first-order valence-electron chi connectivity index (χ1n) is 22.9. The summed E-state index contributed by atoms with van der Waals surface area (Å²) in [4.78, 5) is 98.0. The molecule has 2 bridgehead atoms. The third kappa shape index (κ3) is 14.5. The Morgan fingerprint density at radius 2 is 1.17 bits per heavy atom. The molecule has 70 heavy (non-hydrogen) atoms. The molecule has 6 atom stereocenters. The number of aliphatic hydroxyl groups excluding tert-OH is 1. The molecule has 0 saturated carbocycles. The van der Waals surface area contributed by atoms with E-state index in [2.05, 4.69) is 31.9 Å². The first kappa shape index (κ1) is 49.9. The zero-order valence-corrected chi connectivity index (χ0v) is 38.9. The van der Waals surface area contributed by atoms with Crippen LogP contribution in [0.4, 0.5) is 5.69 Å². The highest BCUT2D eigenvalue weighted by Gasteiger charge is 2.34. The Hall–Kier alpha value is -7.95. The molecule has 0 saturated heterocycles. The lowest BCUT2D eigenvalue weighted by Gasteiger charge is -2.27. The lowest BCUT2D eigenvalue weighted by atomic mass is 9.98. The van der Waals surface area contributed by atoms with Gasteiger partial charge in [-0.25, -0.2) is 4.79 Å². The fourth-order valence-corrected chi connectivity index (χ4v) is 8.78. The van der Waals surface area contributed by atoms with Crippen molar-refractivity contribution in [2.45, 2.75) is 81.3 Å². The van der Waals surface area contributed by atoms with Crippen molar-refractivity contribution in [1.29, 1.82) is 0 Å². The Labute approximate surface area is 409 Å². The Balaban J connectivity index is 1.24. The minimum Gasteiger partial charge on any atom is -0.480 e. The zero-order chi connectivity index (χ0) is 49.4. The van der Waals surface area contributed by atoms with Crippen LogP contribution in [0.3, 0.4) is 0 Å². The minimum atomic E-state index is -1.81. The number of amides is 6. The van der Waals surface area contributed by atoms with E-state index >= 15 is 0 Å². The Morgan fingerprint density at radius 3 is 1.80 bits per heavy atom. The van der Waals surface area contributed by atoms with Crippen molar-refractivity contribution in [2.75, 3.05) is 5.32 Å². The molecule has 15 nitrogen and oxygen atoms in total. The van der Waals surface area contributed by atoms with Crippen molar-refractivity contribution in [1.82, 2.24) is 26.6 Å². The van der Waals surface area contributed by atoms with Gasteiger partial charge in [0.25, 0.3) is 5.91 Å². The summed E-state index contributed by atoms with van der Waals surface area (Å²) in [5.74, 6) is -6.01. The maximum absolute atomic E-state index is 14.8. The quantitative estimate of drug-likeness (QED) is 0.0760. The summed E-state index contributed by atoms with van der Waals surface area (Å²) in [5, 5.41) is 39.2. The van der Waals surface area contributed by atoms with Crippen LogP contribution < -0.4 is 31.9 Å². The van der Waals surface area contributed by atoms with E-state index in [-0.39, 0.29) is 37.8 Å². The van der Waals surface area contributed by atoms with Gasteiger partial charge < -0.3 is 42.1 Å². The van der Waals surface area contributed by atoms with Crippen molar-refractivity contribution in [2.24, 2.45) is 0 Å². The van der Waals surface area contributed by atoms with Crippen LogP contribution in [0.1, 0.15) is 40.0 Å². The topological polar surface area (TPSA) is 232 Å². The molecule has 0 fully saturated rings. The molecule has 0 aliphatic carbocycles. The Kier molecular flexibility index (Phi) is 17.4. The van der Waals surface area contributed by atoms with Crippen molar-refractivity contribution in [3.8, 4) is 11.1 Å². The summed E-state index contributed by atoms with van der Waals surface area (Å²) in [6.07, 6.45) is -2.34. The van der Waals surface area contributed by atoms with Gasteiger partial charge in [-0.15, -0.1) is 11.3 Å². The normalized spacial score (nSPS) is 19.8. The number of carboxylic acids is 1. The van der Waals surface area contributed by atoms with Gasteiger partial charge in [0.2, 0.25) is 29.5 Å². The van der Waals surface area contributed by atoms with Crippen LogP contribution in [0.15, 0.2) is 157 Å². The maximum Gasteiger partial charge on any atom is 0.326 e. The number of hydrogen-bond donors (Lipinski definition) is 8. The molecule has 16 heteroatoms. The third-order valence-electron chi connectivity index (χ3n) is 11.8. The van der Waals surface area contributed by atoms with Gasteiger partial charge in [0.1, 0.15) is 36.3 Å². The lowest BCUT2D eigenvalue weighted by molar-refractivity contribution is -0.142. The fourth-order valence-electron chi connectivity index (χ4n) is 8.03. The second kappa shape index (κ2) is 24.4. The van der Waals surface area contributed by atoms with Gasteiger partial charge in [-0.1, -0.05) is 133 Å². The predicted molar refractivity (Wildman–Crippen MR) is 265 cm³/mol. The van der Waals surface area contributed by atoms with Crippen LogP contribution in [0.2, 0.25) is 0 Å². The molecule has 6 amide bonds. The smallest absolute Gasteiger partial charge is 0.326 e. The number of carbonyl (C=O) groups excluding carboxylic acids is 6.